The highest BCUT2D eigenvalue weighted by molar-refractivity contribution is 6.33. The number of nitrogens with zero attached hydrogens (tertiary/aromatic N) is 2. The van der Waals surface area contributed by atoms with Crippen molar-refractivity contribution in [3.8, 4) is 11.3 Å². The van der Waals surface area contributed by atoms with Gasteiger partial charge in [-0.2, -0.15) is 0 Å². The molecule has 0 bridgehead atoms. The molecule has 0 aliphatic rings. The van der Waals surface area contributed by atoms with Crippen LogP contribution in [0.3, 0.4) is 0 Å². The Labute approximate surface area is 108 Å². The van der Waals surface area contributed by atoms with E-state index in [4.69, 9.17) is 28.7 Å². The Bertz CT molecular complexity index is 695. The average molecular weight is 257 g/mol. The smallest absolute Gasteiger partial charge is 0.222 e. The molecule has 0 amide bonds. The van der Waals surface area contributed by atoms with Crippen molar-refractivity contribution in [2.45, 2.75) is 0 Å². The second-order valence-corrected chi connectivity index (χ2v) is 3.49. The first-order valence-corrected chi connectivity index (χ1v) is 4.88. The zero-order valence-corrected chi connectivity index (χ0v) is 9.23. The van der Waals surface area contributed by atoms with Crippen molar-refractivity contribution >= 4 is 29.5 Å². The van der Waals surface area contributed by atoms with E-state index in [1.807, 2.05) is 0 Å². The first-order valence-electron chi connectivity index (χ1n) is 6.12. The van der Waals surface area contributed by atoms with Gasteiger partial charge in [-0.3, -0.25) is 4.79 Å². The highest BCUT2D eigenvalue weighted by Crippen LogP contribution is 2.26. The van der Waals surface area contributed by atoms with Gasteiger partial charge >= 0.3 is 0 Å². The number of benzene rings is 1. The van der Waals surface area contributed by atoms with Gasteiger partial charge in [0.25, 0.3) is 0 Å². The zero-order valence-electron chi connectivity index (χ0n) is 11.7. The van der Waals surface area contributed by atoms with Crippen LogP contribution in [-0.4, -0.2) is 16.3 Å². The molecule has 5 heteroatoms. The number of aromatic nitrogens is 2. The number of hydrogen-bond acceptors (Lipinski definition) is 3. The quantitative estimate of drug-likeness (QED) is 0.612. The van der Waals surface area contributed by atoms with E-state index in [1.54, 1.807) is 0 Å². The number of aldehydes is 1. The lowest BCUT2D eigenvalue weighted by molar-refractivity contribution is 0.112. The van der Waals surface area contributed by atoms with E-state index in [2.05, 4.69) is 9.97 Å². The molecular formula is C11H6Cl2N2O. The summed E-state index contributed by atoms with van der Waals surface area (Å²) in [6.07, 6.45) is 1.48. The number of carbonyl (C=O) groups excluding carboxylic acids is 1. The lowest BCUT2D eigenvalue weighted by atomic mass is 10.1. The van der Waals surface area contributed by atoms with E-state index in [9.17, 15) is 4.79 Å². The van der Waals surface area contributed by atoms with Crippen molar-refractivity contribution in [3.05, 3.63) is 46.2 Å². The summed E-state index contributed by atoms with van der Waals surface area (Å²) >= 11 is 11.6. The summed E-state index contributed by atoms with van der Waals surface area (Å²) < 4.78 is 31.2. The van der Waals surface area contributed by atoms with Crippen LogP contribution in [0.15, 0.2) is 30.4 Å². The fourth-order valence-corrected chi connectivity index (χ4v) is 1.34. The maximum Gasteiger partial charge on any atom is 0.222 e. The summed E-state index contributed by atoms with van der Waals surface area (Å²) in [5.74, 6) is 0. The van der Waals surface area contributed by atoms with Gasteiger partial charge in [0.15, 0.2) is 0 Å². The van der Waals surface area contributed by atoms with Crippen LogP contribution in [-0.2, 0) is 0 Å². The van der Waals surface area contributed by atoms with Gasteiger partial charge < -0.3 is 0 Å². The Morgan fingerprint density at radius 1 is 1.25 bits per heavy atom. The first kappa shape index (κ1) is 6.99. The normalized spacial score (nSPS) is 13.6. The molecular weight excluding hydrogens is 247 g/mol. The monoisotopic (exact) mass is 256 g/mol. The fraction of sp³-hybridized carbons (Fsp3) is 0. The topological polar surface area (TPSA) is 42.9 Å². The molecule has 1 aromatic carbocycles. The third-order valence-electron chi connectivity index (χ3n) is 1.71. The molecule has 1 aromatic heterocycles. The Balaban J connectivity index is 2.88. The van der Waals surface area contributed by atoms with Crippen LogP contribution in [0.1, 0.15) is 15.8 Å². The van der Waals surface area contributed by atoms with E-state index in [1.165, 1.54) is 6.20 Å². The van der Waals surface area contributed by atoms with Crippen LogP contribution >= 0.6 is 23.2 Å². The minimum atomic E-state index is -0.457. The van der Waals surface area contributed by atoms with E-state index in [0.29, 0.717) is 0 Å². The van der Waals surface area contributed by atoms with Gasteiger partial charge in [-0.05, 0) is 11.6 Å². The summed E-state index contributed by atoms with van der Waals surface area (Å²) in [4.78, 5) is 18.3. The van der Waals surface area contributed by atoms with Crippen molar-refractivity contribution < 1.29 is 10.3 Å². The summed E-state index contributed by atoms with van der Waals surface area (Å²) in [5.41, 5.74) is -0.457. The molecule has 0 aliphatic heterocycles. The fourth-order valence-electron chi connectivity index (χ4n) is 1.02. The maximum absolute atomic E-state index is 10.8. The summed E-state index contributed by atoms with van der Waals surface area (Å²) in [7, 11) is 0. The van der Waals surface area contributed by atoms with Crippen LogP contribution in [0, 0.1) is 0 Å². The van der Waals surface area contributed by atoms with Crippen LogP contribution in [0.2, 0.25) is 10.3 Å². The van der Waals surface area contributed by atoms with Gasteiger partial charge in [0.1, 0.15) is 6.29 Å². The molecule has 0 saturated heterocycles. The summed E-state index contributed by atoms with van der Waals surface area (Å²) in [6.45, 7) is 0. The summed E-state index contributed by atoms with van der Waals surface area (Å²) in [6, 6.07) is -1.74. The maximum atomic E-state index is 10.8. The molecule has 2 aromatic rings. The Morgan fingerprint density at radius 2 is 1.94 bits per heavy atom. The number of carbonyl (C=O) groups is 1. The third-order valence-corrected chi connectivity index (χ3v) is 2.17. The molecule has 16 heavy (non-hydrogen) atoms. The molecule has 2 rings (SSSR count). The van der Waals surface area contributed by atoms with Crippen molar-refractivity contribution in [1.29, 1.82) is 0 Å². The third kappa shape index (κ3) is 2.21. The Kier molecular flexibility index (Phi) is 2.01. The number of rotatable bonds is 2. The molecule has 0 spiro atoms. The van der Waals surface area contributed by atoms with Gasteiger partial charge in [0, 0.05) is 11.1 Å². The molecule has 0 atom stereocenters. The highest BCUT2D eigenvalue weighted by atomic mass is 35.5. The van der Waals surface area contributed by atoms with Crippen LogP contribution in [0.5, 0.6) is 0 Å². The van der Waals surface area contributed by atoms with E-state index >= 15 is 0 Å². The molecule has 80 valence electrons. The lowest BCUT2D eigenvalue weighted by Crippen LogP contribution is -1.89. The molecule has 0 unspecified atom stereocenters. The predicted molar refractivity (Wildman–Crippen MR) is 62.9 cm³/mol. The Morgan fingerprint density at radius 3 is 2.56 bits per heavy atom. The average Bonchev–Trinajstić information content (AvgIpc) is 2.41. The van der Waals surface area contributed by atoms with Gasteiger partial charge in [-0.15, -0.1) is 0 Å². The van der Waals surface area contributed by atoms with Gasteiger partial charge in [0.2, 0.25) is 5.28 Å². The van der Waals surface area contributed by atoms with E-state index < -0.39 is 24.2 Å². The van der Waals surface area contributed by atoms with E-state index in [-0.39, 0.29) is 33.4 Å². The van der Waals surface area contributed by atoms with Crippen LogP contribution in [0.4, 0.5) is 0 Å². The molecule has 0 N–H and O–H groups in total. The zero-order chi connectivity index (χ0) is 15.0. The van der Waals surface area contributed by atoms with Crippen molar-refractivity contribution in [3.63, 3.8) is 0 Å². The second-order valence-electron chi connectivity index (χ2n) is 2.74. The van der Waals surface area contributed by atoms with E-state index in [0.717, 1.165) is 0 Å². The highest BCUT2D eigenvalue weighted by Gasteiger charge is 2.06. The molecule has 1 heterocycles. The molecule has 0 fully saturated rings. The molecule has 0 saturated carbocycles. The van der Waals surface area contributed by atoms with Gasteiger partial charge in [0.05, 0.1) is 22.4 Å². The molecule has 0 aliphatic carbocycles. The van der Waals surface area contributed by atoms with Gasteiger partial charge in [-0.25, -0.2) is 9.97 Å². The van der Waals surface area contributed by atoms with Crippen molar-refractivity contribution in [2.75, 3.05) is 0 Å². The van der Waals surface area contributed by atoms with Crippen LogP contribution in [0.25, 0.3) is 11.3 Å². The number of halogens is 2. The summed E-state index contributed by atoms with van der Waals surface area (Å²) in [5, 5.41) is -0.102. The SMILES string of the molecule is [2H]c1c([2H])c(-c2nc(Cl)ncc2Cl)c([2H])c([2H])c1C=O. The Hall–Kier alpha value is -1.45. The molecule has 3 nitrogen and oxygen atoms in total. The van der Waals surface area contributed by atoms with Crippen molar-refractivity contribution in [2.24, 2.45) is 0 Å². The van der Waals surface area contributed by atoms with Crippen LogP contribution < -0.4 is 0 Å². The van der Waals surface area contributed by atoms with Gasteiger partial charge in [-0.1, -0.05) is 35.8 Å². The largest absolute Gasteiger partial charge is 0.298 e. The number of hydrogen-bond donors (Lipinski definition) is 0. The standard InChI is InChI=1S/C11H6Cl2N2O/c12-9-5-14-11(13)15-10(9)8-3-1-7(6-16)2-4-8/h1-6H/i1D,2D,3D,4D. The predicted octanol–water partition coefficient (Wildman–Crippen LogP) is 3.26. The second kappa shape index (κ2) is 4.60. The van der Waals surface area contributed by atoms with Crippen molar-refractivity contribution in [1.82, 2.24) is 9.97 Å². The lowest BCUT2D eigenvalue weighted by Gasteiger charge is -2.03. The molecule has 0 radical (unpaired) electrons. The minimum absolute atomic E-state index is 0.0129. The minimum Gasteiger partial charge on any atom is -0.298 e. The first-order chi connectivity index (χ1) is 9.38.